The molecule has 0 aliphatic heterocycles. The maximum atomic E-state index is 13.2. The average Bonchev–Trinajstić information content (AvgIpc) is 3.79. The number of amides is 3. The van der Waals surface area contributed by atoms with Gasteiger partial charge in [0, 0.05) is 26.7 Å². The molecule has 3 unspecified atom stereocenters. The van der Waals surface area contributed by atoms with Crippen molar-refractivity contribution in [2.45, 2.75) is 64.6 Å². The highest BCUT2D eigenvalue weighted by molar-refractivity contribution is 5.90. The van der Waals surface area contributed by atoms with E-state index in [9.17, 15) is 23.9 Å². The number of para-hydroxylation sites is 1. The van der Waals surface area contributed by atoms with E-state index in [1.807, 2.05) is 31.2 Å². The first-order valence-corrected chi connectivity index (χ1v) is 14.2. The Morgan fingerprint density at radius 1 is 1.15 bits per heavy atom. The molecule has 226 valence electrons. The molecule has 9 nitrogen and oxygen atoms in total. The van der Waals surface area contributed by atoms with E-state index >= 15 is 0 Å². The molecule has 1 fully saturated rings. The Hall–Kier alpha value is -3.50. The van der Waals surface area contributed by atoms with E-state index in [2.05, 4.69) is 16.0 Å². The van der Waals surface area contributed by atoms with Crippen molar-refractivity contribution in [2.75, 3.05) is 33.3 Å². The zero-order valence-electron chi connectivity index (χ0n) is 24.6. The summed E-state index contributed by atoms with van der Waals surface area (Å²) in [5, 5.41) is 18.8. The van der Waals surface area contributed by atoms with Gasteiger partial charge in [-0.25, -0.2) is 4.39 Å². The van der Waals surface area contributed by atoms with Gasteiger partial charge in [-0.2, -0.15) is 0 Å². The van der Waals surface area contributed by atoms with Gasteiger partial charge in [0.25, 0.3) is 0 Å². The SMILES string of the molecule is CCNC(=O)C(C(C)O)N(C)C(=O)C(NCCOc1ccccc1CCCNC=O)C1CC1.Cc1ccc(F)cc1. The summed E-state index contributed by atoms with van der Waals surface area (Å²) in [4.78, 5) is 37.3. The second-order valence-corrected chi connectivity index (χ2v) is 10.2. The van der Waals surface area contributed by atoms with Crippen LogP contribution in [0.25, 0.3) is 0 Å². The van der Waals surface area contributed by atoms with Gasteiger partial charge in [0.05, 0.1) is 12.1 Å². The predicted octanol–water partition coefficient (Wildman–Crippen LogP) is 2.59. The molecule has 3 atom stereocenters. The summed E-state index contributed by atoms with van der Waals surface area (Å²) in [5.74, 6) is 0.290. The molecule has 0 bridgehead atoms. The van der Waals surface area contributed by atoms with Crippen LogP contribution in [0.1, 0.15) is 44.2 Å². The van der Waals surface area contributed by atoms with Crippen LogP contribution >= 0.6 is 0 Å². The summed E-state index contributed by atoms with van der Waals surface area (Å²) in [7, 11) is 1.57. The summed E-state index contributed by atoms with van der Waals surface area (Å²) in [6, 6.07) is 12.8. The van der Waals surface area contributed by atoms with Gasteiger partial charge in [0.1, 0.15) is 24.2 Å². The van der Waals surface area contributed by atoms with E-state index in [0.29, 0.717) is 32.7 Å². The minimum atomic E-state index is -0.980. The fourth-order valence-electron chi connectivity index (χ4n) is 4.44. The van der Waals surface area contributed by atoms with Gasteiger partial charge in [-0.05, 0) is 76.1 Å². The first-order chi connectivity index (χ1) is 19.7. The van der Waals surface area contributed by atoms with Crippen LogP contribution < -0.4 is 20.7 Å². The highest BCUT2D eigenvalue weighted by atomic mass is 19.1. The summed E-state index contributed by atoms with van der Waals surface area (Å²) in [6.45, 7) is 7.15. The number of hydrogen-bond acceptors (Lipinski definition) is 6. The molecule has 2 aromatic rings. The minimum Gasteiger partial charge on any atom is -0.492 e. The van der Waals surface area contributed by atoms with Gasteiger partial charge in [-0.15, -0.1) is 0 Å². The van der Waals surface area contributed by atoms with Crippen molar-refractivity contribution in [3.63, 3.8) is 0 Å². The molecule has 2 aromatic carbocycles. The number of nitrogens with zero attached hydrogens (tertiary/aromatic N) is 1. The van der Waals surface area contributed by atoms with E-state index in [-0.39, 0.29) is 23.5 Å². The molecular weight excluding hydrogens is 527 g/mol. The van der Waals surface area contributed by atoms with E-state index in [0.717, 1.165) is 42.6 Å². The molecule has 0 saturated heterocycles. The molecule has 1 saturated carbocycles. The number of rotatable bonds is 16. The van der Waals surface area contributed by atoms with Crippen LogP contribution in [0.3, 0.4) is 0 Å². The number of ether oxygens (including phenoxy) is 1. The number of halogens is 1. The van der Waals surface area contributed by atoms with Crippen LogP contribution in [-0.2, 0) is 20.8 Å². The fraction of sp³-hybridized carbons (Fsp3) is 0.516. The fourth-order valence-corrected chi connectivity index (χ4v) is 4.44. The number of likely N-dealkylation sites (N-methyl/N-ethyl adjacent to an activating group) is 2. The third kappa shape index (κ3) is 11.9. The minimum absolute atomic E-state index is 0.171. The Morgan fingerprint density at radius 2 is 1.83 bits per heavy atom. The van der Waals surface area contributed by atoms with Crippen LogP contribution in [0, 0.1) is 18.7 Å². The summed E-state index contributed by atoms with van der Waals surface area (Å²) < 4.78 is 18.0. The zero-order chi connectivity index (χ0) is 30.2. The van der Waals surface area contributed by atoms with Gasteiger partial charge >= 0.3 is 0 Å². The highest BCUT2D eigenvalue weighted by Gasteiger charge is 2.40. The van der Waals surface area contributed by atoms with Crippen molar-refractivity contribution >= 4 is 18.2 Å². The largest absolute Gasteiger partial charge is 0.492 e. The molecule has 1 aliphatic rings. The predicted molar refractivity (Wildman–Crippen MR) is 157 cm³/mol. The summed E-state index contributed by atoms with van der Waals surface area (Å²) in [6.07, 6.45) is 3.23. The second-order valence-electron chi connectivity index (χ2n) is 10.2. The molecule has 0 spiro atoms. The molecule has 41 heavy (non-hydrogen) atoms. The molecule has 3 rings (SSSR count). The molecule has 0 aromatic heterocycles. The third-order valence-corrected chi connectivity index (χ3v) is 6.76. The molecule has 0 heterocycles. The number of nitrogens with one attached hydrogen (secondary N) is 3. The van der Waals surface area contributed by atoms with Crippen LogP contribution in [0.5, 0.6) is 5.75 Å². The maximum Gasteiger partial charge on any atom is 0.245 e. The molecule has 1 aliphatic carbocycles. The van der Waals surface area contributed by atoms with Crippen molar-refractivity contribution in [1.82, 2.24) is 20.9 Å². The first kappa shape index (κ1) is 33.7. The standard InChI is InChI=1S/C24H38N4O5.C7H7F/c1-4-26-23(31)22(17(2)30)28(3)24(32)21(19-11-12-19)27-14-15-33-20-10-6-5-8-18(20)9-7-13-25-16-29;1-6-2-4-7(8)5-3-6/h5-6,8,10,16-17,19,21-22,27,30H,4,7,9,11-15H2,1-3H3,(H,25,29)(H,26,31);2-5H,1H3. The van der Waals surface area contributed by atoms with Gasteiger partial charge in [0.2, 0.25) is 18.2 Å². The second kappa shape index (κ2) is 18.0. The lowest BCUT2D eigenvalue weighted by Crippen LogP contribution is -2.57. The quantitative estimate of drug-likeness (QED) is 0.181. The lowest BCUT2D eigenvalue weighted by atomic mass is 10.1. The topological polar surface area (TPSA) is 120 Å². The molecule has 10 heteroatoms. The van der Waals surface area contributed by atoms with Crippen LogP contribution in [0.2, 0.25) is 0 Å². The normalized spacial score (nSPS) is 14.5. The lowest BCUT2D eigenvalue weighted by Gasteiger charge is -2.32. The van der Waals surface area contributed by atoms with Gasteiger partial charge < -0.3 is 30.7 Å². The Morgan fingerprint density at radius 3 is 2.41 bits per heavy atom. The number of aryl methyl sites for hydroxylation is 2. The monoisotopic (exact) mass is 572 g/mol. The number of aliphatic hydroxyl groups is 1. The van der Waals surface area contributed by atoms with E-state index in [1.165, 1.54) is 24.0 Å². The Labute approximate surface area is 242 Å². The van der Waals surface area contributed by atoms with Crippen molar-refractivity contribution in [2.24, 2.45) is 5.92 Å². The number of benzene rings is 2. The van der Waals surface area contributed by atoms with Crippen molar-refractivity contribution < 1.29 is 28.6 Å². The lowest BCUT2D eigenvalue weighted by molar-refractivity contribution is -0.144. The smallest absolute Gasteiger partial charge is 0.245 e. The van der Waals surface area contributed by atoms with Gasteiger partial charge in [-0.1, -0.05) is 35.9 Å². The van der Waals surface area contributed by atoms with Crippen LogP contribution in [0.4, 0.5) is 4.39 Å². The van der Waals surface area contributed by atoms with Crippen LogP contribution in [0.15, 0.2) is 48.5 Å². The number of aliphatic hydroxyl groups excluding tert-OH is 1. The van der Waals surface area contributed by atoms with Gasteiger partial charge in [0.15, 0.2) is 0 Å². The molecule has 3 amide bonds. The third-order valence-electron chi connectivity index (χ3n) is 6.76. The Kier molecular flexibility index (Phi) is 14.8. The number of hydrogen-bond donors (Lipinski definition) is 4. The number of carbonyl (C=O) groups excluding carboxylic acids is 3. The first-order valence-electron chi connectivity index (χ1n) is 14.2. The Balaban J connectivity index is 0.000000629. The zero-order valence-corrected chi connectivity index (χ0v) is 24.6. The molecule has 4 N–H and O–H groups in total. The highest BCUT2D eigenvalue weighted by Crippen LogP contribution is 2.33. The van der Waals surface area contributed by atoms with Crippen molar-refractivity contribution in [1.29, 1.82) is 0 Å². The van der Waals surface area contributed by atoms with E-state index in [1.54, 1.807) is 26.1 Å². The Bertz CT molecular complexity index is 1060. The average molecular weight is 573 g/mol. The maximum absolute atomic E-state index is 13.2. The summed E-state index contributed by atoms with van der Waals surface area (Å²) >= 11 is 0. The van der Waals surface area contributed by atoms with Gasteiger partial charge in [-0.3, -0.25) is 14.4 Å². The molecular formula is C31H45FN4O5. The van der Waals surface area contributed by atoms with Crippen LogP contribution in [-0.4, -0.2) is 79.7 Å². The van der Waals surface area contributed by atoms with Crippen molar-refractivity contribution in [3.8, 4) is 5.75 Å². The number of carbonyl (C=O) groups is 3. The van der Waals surface area contributed by atoms with E-state index < -0.39 is 18.2 Å². The summed E-state index contributed by atoms with van der Waals surface area (Å²) in [5.41, 5.74) is 2.16. The molecule has 0 radical (unpaired) electrons. The van der Waals surface area contributed by atoms with Crippen molar-refractivity contribution in [3.05, 3.63) is 65.5 Å². The van der Waals surface area contributed by atoms with E-state index in [4.69, 9.17) is 4.74 Å².